The van der Waals surface area contributed by atoms with Crippen molar-refractivity contribution in [3.05, 3.63) is 88.5 Å². The Hall–Kier alpha value is -4.28. The topological polar surface area (TPSA) is 69.7 Å². The zero-order chi connectivity index (χ0) is 29.0. The van der Waals surface area contributed by atoms with Crippen molar-refractivity contribution in [2.75, 3.05) is 10.2 Å². The predicted octanol–water partition coefficient (Wildman–Crippen LogP) is 6.99. The third-order valence-electron chi connectivity index (χ3n) is 7.28. The molecule has 208 valence electrons. The summed E-state index contributed by atoms with van der Waals surface area (Å²) in [6.07, 6.45) is -3.03. The average molecular weight is 558 g/mol. The number of halogens is 5. The van der Waals surface area contributed by atoms with Crippen LogP contribution in [0.4, 0.5) is 43.8 Å². The quantitative estimate of drug-likeness (QED) is 0.271. The summed E-state index contributed by atoms with van der Waals surface area (Å²) in [5, 5.41) is 3.09. The third kappa shape index (κ3) is 4.80. The molecule has 1 fully saturated rings. The lowest BCUT2D eigenvalue weighted by Crippen LogP contribution is -2.43. The molecule has 0 radical (unpaired) electrons. The van der Waals surface area contributed by atoms with Crippen LogP contribution in [0.2, 0.25) is 0 Å². The molecule has 6 nitrogen and oxygen atoms in total. The van der Waals surface area contributed by atoms with Gasteiger partial charge in [0.2, 0.25) is 0 Å². The van der Waals surface area contributed by atoms with Crippen LogP contribution in [-0.2, 0) is 23.9 Å². The molecule has 1 N–H and O–H groups in total. The molecule has 3 amide bonds. The van der Waals surface area contributed by atoms with Crippen LogP contribution in [-0.4, -0.2) is 28.2 Å². The molecule has 1 saturated heterocycles. The largest absolute Gasteiger partial charge is 0.419 e. The molecule has 11 heteroatoms. The van der Waals surface area contributed by atoms with Gasteiger partial charge in [-0.2, -0.15) is 13.2 Å². The van der Waals surface area contributed by atoms with E-state index in [1.54, 1.807) is 12.1 Å². The molecule has 2 aliphatic rings. The zero-order valence-electron chi connectivity index (χ0n) is 21.5. The molecule has 1 aliphatic carbocycles. The highest BCUT2D eigenvalue weighted by molar-refractivity contribution is 6.23. The highest BCUT2D eigenvalue weighted by Gasteiger charge is 2.52. The second-order valence-corrected chi connectivity index (χ2v) is 10.3. The van der Waals surface area contributed by atoms with Gasteiger partial charge in [0, 0.05) is 23.4 Å². The number of carbonyl (C=O) groups is 3. The van der Waals surface area contributed by atoms with Crippen LogP contribution < -0.4 is 10.2 Å². The Bertz CT molecular complexity index is 1550. The van der Waals surface area contributed by atoms with Crippen molar-refractivity contribution in [3.8, 4) is 0 Å². The van der Waals surface area contributed by atoms with Crippen molar-refractivity contribution in [2.24, 2.45) is 0 Å². The molecule has 3 aromatic carbocycles. The maximum Gasteiger partial charge on any atom is 0.419 e. The number of nitrogens with one attached hydrogen (secondary N) is 1. The summed E-state index contributed by atoms with van der Waals surface area (Å²) < 4.78 is 68.0. The van der Waals surface area contributed by atoms with E-state index < -0.39 is 46.5 Å². The number of alkyl halides is 3. The Morgan fingerprint density at radius 1 is 0.925 bits per heavy atom. The van der Waals surface area contributed by atoms with Crippen molar-refractivity contribution < 1.29 is 36.3 Å². The molecule has 0 saturated carbocycles. The number of fused-ring (bicyclic) bond motifs is 1. The number of benzene rings is 3. The van der Waals surface area contributed by atoms with E-state index in [4.69, 9.17) is 0 Å². The minimum atomic E-state index is -5.03. The highest BCUT2D eigenvalue weighted by atomic mass is 19.4. The van der Waals surface area contributed by atoms with Crippen LogP contribution in [0.25, 0.3) is 0 Å². The number of hydrogen-bond donors (Lipinski definition) is 1. The number of hydrogen-bond acceptors (Lipinski definition) is 4. The van der Waals surface area contributed by atoms with Crippen molar-refractivity contribution in [2.45, 2.75) is 51.4 Å². The molecule has 0 unspecified atom stereocenters. The Labute approximate surface area is 226 Å². The summed E-state index contributed by atoms with van der Waals surface area (Å²) >= 11 is 0. The lowest BCUT2D eigenvalue weighted by atomic mass is 9.90. The van der Waals surface area contributed by atoms with Crippen LogP contribution >= 0.6 is 0 Å². The van der Waals surface area contributed by atoms with Crippen LogP contribution in [0, 0.1) is 11.6 Å². The maximum atomic E-state index is 14.3. The van der Waals surface area contributed by atoms with E-state index in [2.05, 4.69) is 5.32 Å². The van der Waals surface area contributed by atoms with Crippen molar-refractivity contribution in [1.29, 1.82) is 0 Å². The fraction of sp³-hybridized carbons (Fsp3) is 0.276. The molecule has 0 bridgehead atoms. The van der Waals surface area contributed by atoms with Crippen LogP contribution in [0.3, 0.4) is 0 Å². The second kappa shape index (κ2) is 9.72. The number of ketones is 1. The number of rotatable bonds is 5. The van der Waals surface area contributed by atoms with Crippen molar-refractivity contribution in [1.82, 2.24) is 4.90 Å². The first-order valence-corrected chi connectivity index (χ1v) is 12.5. The molecule has 1 heterocycles. The Morgan fingerprint density at radius 2 is 1.68 bits per heavy atom. The highest BCUT2D eigenvalue weighted by Crippen LogP contribution is 2.39. The molecule has 5 rings (SSSR count). The SMILES string of the molecule is CC1(C)C(=O)N(c2ccc(F)c(C(F)(F)F)c2)C(=O)N1Cc1ccc(F)cc1Nc1ccc2c(c1)C(=O)CCC2. The summed E-state index contributed by atoms with van der Waals surface area (Å²) in [5.41, 5.74) is -0.784. The van der Waals surface area contributed by atoms with E-state index in [0.29, 0.717) is 40.3 Å². The normalized spacial score (nSPS) is 16.9. The summed E-state index contributed by atoms with van der Waals surface area (Å²) in [7, 11) is 0. The zero-order valence-corrected chi connectivity index (χ0v) is 21.5. The lowest BCUT2D eigenvalue weighted by Gasteiger charge is -2.28. The van der Waals surface area contributed by atoms with E-state index in [0.717, 1.165) is 29.4 Å². The van der Waals surface area contributed by atoms with Gasteiger partial charge < -0.3 is 10.2 Å². The third-order valence-corrected chi connectivity index (χ3v) is 7.28. The number of urea groups is 1. The number of carbonyl (C=O) groups excluding carboxylic acids is 3. The van der Waals surface area contributed by atoms with E-state index >= 15 is 0 Å². The summed E-state index contributed by atoms with van der Waals surface area (Å²) in [5.74, 6) is -2.89. The van der Waals surface area contributed by atoms with E-state index in [9.17, 15) is 36.3 Å². The summed E-state index contributed by atoms with van der Waals surface area (Å²) in [4.78, 5) is 40.8. The van der Waals surface area contributed by atoms with Gasteiger partial charge in [-0.1, -0.05) is 12.1 Å². The van der Waals surface area contributed by atoms with Gasteiger partial charge in [-0.25, -0.2) is 18.5 Å². The van der Waals surface area contributed by atoms with Gasteiger partial charge in [-0.05, 0) is 80.3 Å². The predicted molar refractivity (Wildman–Crippen MR) is 137 cm³/mol. The number of Topliss-reactive ketones (excluding diaryl/α,β-unsaturated/α-hetero) is 1. The summed E-state index contributed by atoms with van der Waals surface area (Å²) in [6, 6.07) is 10.1. The maximum absolute atomic E-state index is 14.3. The van der Waals surface area contributed by atoms with Gasteiger partial charge in [0.1, 0.15) is 17.2 Å². The minimum absolute atomic E-state index is 0.0156. The fourth-order valence-corrected chi connectivity index (χ4v) is 5.03. The average Bonchev–Trinajstić information content (AvgIpc) is 3.05. The first-order chi connectivity index (χ1) is 18.8. The number of aryl methyl sites for hydroxylation is 1. The van der Waals surface area contributed by atoms with E-state index in [1.165, 1.54) is 32.0 Å². The first kappa shape index (κ1) is 27.3. The molecule has 0 aromatic heterocycles. The lowest BCUT2D eigenvalue weighted by molar-refractivity contribution is -0.140. The Kier molecular flexibility index (Phi) is 6.63. The monoisotopic (exact) mass is 557 g/mol. The van der Waals surface area contributed by atoms with Gasteiger partial charge in [-0.15, -0.1) is 0 Å². The van der Waals surface area contributed by atoms with Gasteiger partial charge in [0.25, 0.3) is 5.91 Å². The van der Waals surface area contributed by atoms with E-state index in [-0.39, 0.29) is 18.0 Å². The number of nitrogens with zero attached hydrogens (tertiary/aromatic N) is 2. The standard InChI is InChI=1S/C29H24F5N3O3/c1-28(2)26(39)37(20-10-11-23(31)22(14-20)29(32,33)34)27(40)36(28)15-17-6-8-18(30)12-24(17)35-19-9-7-16-4-3-5-25(38)21(16)13-19/h6-14,35H,3-5,15H2,1-2H3. The molecule has 1 aliphatic heterocycles. The molecule has 40 heavy (non-hydrogen) atoms. The van der Waals surface area contributed by atoms with Gasteiger partial charge >= 0.3 is 12.2 Å². The van der Waals surface area contributed by atoms with Crippen LogP contribution in [0.15, 0.2) is 54.6 Å². The first-order valence-electron chi connectivity index (χ1n) is 12.5. The Balaban J connectivity index is 1.47. The molecule has 0 atom stereocenters. The second-order valence-electron chi connectivity index (χ2n) is 10.3. The number of amides is 3. The fourth-order valence-electron chi connectivity index (χ4n) is 5.03. The Morgan fingerprint density at radius 3 is 2.40 bits per heavy atom. The van der Waals surface area contributed by atoms with E-state index in [1.807, 2.05) is 6.07 Å². The van der Waals surface area contributed by atoms with Crippen molar-refractivity contribution in [3.63, 3.8) is 0 Å². The molecular formula is C29H24F5N3O3. The van der Waals surface area contributed by atoms with Crippen molar-refractivity contribution >= 4 is 34.8 Å². The number of imide groups is 1. The number of anilines is 3. The van der Waals surface area contributed by atoms with Crippen LogP contribution in [0.5, 0.6) is 0 Å². The molecule has 0 spiro atoms. The van der Waals surface area contributed by atoms with Crippen LogP contribution in [0.1, 0.15) is 53.7 Å². The van der Waals surface area contributed by atoms with Gasteiger partial charge in [0.05, 0.1) is 17.8 Å². The summed E-state index contributed by atoms with van der Waals surface area (Å²) in [6.45, 7) is 2.67. The molecule has 3 aromatic rings. The minimum Gasteiger partial charge on any atom is -0.355 e. The smallest absolute Gasteiger partial charge is 0.355 e. The van der Waals surface area contributed by atoms with Gasteiger partial charge in [0.15, 0.2) is 5.78 Å². The molecular weight excluding hydrogens is 533 g/mol. The van der Waals surface area contributed by atoms with Gasteiger partial charge in [-0.3, -0.25) is 9.59 Å².